The lowest BCUT2D eigenvalue weighted by molar-refractivity contribution is 0.217. The van der Waals surface area contributed by atoms with E-state index in [1.807, 2.05) is 18.2 Å². The van der Waals surface area contributed by atoms with Crippen LogP contribution >= 0.6 is 0 Å². The largest absolute Gasteiger partial charge is 0.497 e. The number of ether oxygens (including phenoxy) is 2. The van der Waals surface area contributed by atoms with Crippen LogP contribution < -0.4 is 9.47 Å². The number of aromatic nitrogens is 1. The number of pyridine rings is 1. The molecule has 0 aliphatic carbocycles. The second-order valence-corrected chi connectivity index (χ2v) is 7.07. The zero-order chi connectivity index (χ0) is 20.2. The van der Waals surface area contributed by atoms with E-state index >= 15 is 0 Å². The van der Waals surface area contributed by atoms with Crippen LogP contribution in [-0.2, 0) is 13.1 Å². The predicted octanol–water partition coefficient (Wildman–Crippen LogP) is 3.71. The van der Waals surface area contributed by atoms with Gasteiger partial charge in [-0.25, -0.2) is 4.39 Å². The Balaban J connectivity index is 1.56. The fraction of sp³-hybridized carbons (Fsp3) is 0.261. The smallest absolute Gasteiger partial charge is 0.127 e. The van der Waals surface area contributed by atoms with E-state index in [0.717, 1.165) is 22.4 Å². The Kier molecular flexibility index (Phi) is 5.74. The average Bonchev–Trinajstić information content (AvgIpc) is 2.96. The van der Waals surface area contributed by atoms with Gasteiger partial charge in [0.15, 0.2) is 0 Å². The van der Waals surface area contributed by atoms with Crippen molar-refractivity contribution in [3.63, 3.8) is 0 Å². The van der Waals surface area contributed by atoms with Gasteiger partial charge < -0.3 is 14.6 Å². The fourth-order valence-electron chi connectivity index (χ4n) is 3.55. The molecule has 0 fully saturated rings. The Morgan fingerprint density at radius 3 is 2.76 bits per heavy atom. The fourth-order valence-corrected chi connectivity index (χ4v) is 3.55. The van der Waals surface area contributed by atoms with Crippen molar-refractivity contribution in [1.82, 2.24) is 9.88 Å². The molecule has 3 aromatic rings. The Hall–Kier alpha value is -2.96. The van der Waals surface area contributed by atoms with Gasteiger partial charge in [0.1, 0.15) is 30.0 Å². The van der Waals surface area contributed by atoms with Crippen molar-refractivity contribution < 1.29 is 19.0 Å². The summed E-state index contributed by atoms with van der Waals surface area (Å²) in [5, 5.41) is 10.7. The molecule has 6 heteroatoms. The lowest BCUT2D eigenvalue weighted by atomic mass is 10.00. The maximum atomic E-state index is 14.3. The molecular formula is C23H23FN2O3. The zero-order valence-electron chi connectivity index (χ0n) is 16.2. The highest BCUT2D eigenvalue weighted by Gasteiger charge is 2.19. The zero-order valence-corrected chi connectivity index (χ0v) is 16.2. The number of hydrogen-bond acceptors (Lipinski definition) is 5. The van der Waals surface area contributed by atoms with Crippen LogP contribution in [0.2, 0.25) is 0 Å². The molecule has 1 aliphatic heterocycles. The van der Waals surface area contributed by atoms with Crippen molar-refractivity contribution in [2.45, 2.75) is 19.2 Å². The van der Waals surface area contributed by atoms with Crippen molar-refractivity contribution in [3.05, 3.63) is 89.0 Å². The van der Waals surface area contributed by atoms with E-state index in [4.69, 9.17) is 9.47 Å². The molecule has 150 valence electrons. The predicted molar refractivity (Wildman–Crippen MR) is 107 cm³/mol. The molecule has 1 N–H and O–H groups in total. The van der Waals surface area contributed by atoms with Gasteiger partial charge in [-0.05, 0) is 53.6 Å². The van der Waals surface area contributed by atoms with Crippen molar-refractivity contribution >= 4 is 0 Å². The van der Waals surface area contributed by atoms with Crippen LogP contribution in [0.4, 0.5) is 4.39 Å². The third-order valence-electron chi connectivity index (χ3n) is 5.13. The van der Waals surface area contributed by atoms with Gasteiger partial charge in [0.25, 0.3) is 0 Å². The van der Waals surface area contributed by atoms with Gasteiger partial charge in [0.05, 0.1) is 7.11 Å². The molecule has 2 heterocycles. The number of benzene rings is 2. The number of fused-ring (bicyclic) bond motifs is 1. The minimum atomic E-state index is -0.740. The Morgan fingerprint density at radius 2 is 1.97 bits per heavy atom. The van der Waals surface area contributed by atoms with E-state index in [2.05, 4.69) is 9.88 Å². The van der Waals surface area contributed by atoms with Crippen molar-refractivity contribution in [2.24, 2.45) is 0 Å². The van der Waals surface area contributed by atoms with Crippen LogP contribution in [0.5, 0.6) is 11.5 Å². The Labute approximate surface area is 169 Å². The topological polar surface area (TPSA) is 54.8 Å². The van der Waals surface area contributed by atoms with E-state index in [1.165, 1.54) is 6.07 Å². The van der Waals surface area contributed by atoms with Crippen molar-refractivity contribution in [1.29, 1.82) is 0 Å². The Morgan fingerprint density at radius 1 is 1.14 bits per heavy atom. The molecule has 0 saturated heterocycles. The molecule has 0 amide bonds. The SMILES string of the molecule is COc1ccc(F)c(CN2CCOc3ccc(C(O)c4ccncc4)cc3C2)c1. The van der Waals surface area contributed by atoms with E-state index in [1.54, 1.807) is 43.8 Å². The van der Waals surface area contributed by atoms with Crippen LogP contribution in [-0.4, -0.2) is 35.3 Å². The van der Waals surface area contributed by atoms with Crippen LogP contribution in [0.1, 0.15) is 28.4 Å². The second kappa shape index (κ2) is 8.59. The molecule has 29 heavy (non-hydrogen) atoms. The number of hydrogen-bond donors (Lipinski definition) is 1. The first-order chi connectivity index (χ1) is 14.1. The van der Waals surface area contributed by atoms with Gasteiger partial charge in [-0.15, -0.1) is 0 Å². The van der Waals surface area contributed by atoms with Crippen LogP contribution in [0, 0.1) is 5.82 Å². The van der Waals surface area contributed by atoms with Gasteiger partial charge in [0.2, 0.25) is 0 Å². The van der Waals surface area contributed by atoms with E-state index < -0.39 is 6.10 Å². The lowest BCUT2D eigenvalue weighted by Gasteiger charge is -2.20. The van der Waals surface area contributed by atoms with E-state index in [-0.39, 0.29) is 5.82 Å². The number of aliphatic hydroxyl groups excluding tert-OH is 1. The second-order valence-electron chi connectivity index (χ2n) is 7.07. The van der Waals surface area contributed by atoms with Gasteiger partial charge in [-0.3, -0.25) is 9.88 Å². The molecule has 4 rings (SSSR count). The highest BCUT2D eigenvalue weighted by atomic mass is 19.1. The summed E-state index contributed by atoms with van der Waals surface area (Å²) in [6.07, 6.45) is 2.58. The number of methoxy groups -OCH3 is 1. The first kappa shape index (κ1) is 19.4. The molecule has 1 unspecified atom stereocenters. The summed E-state index contributed by atoms with van der Waals surface area (Å²) in [5.41, 5.74) is 3.12. The molecule has 0 spiro atoms. The van der Waals surface area contributed by atoms with Crippen LogP contribution in [0.3, 0.4) is 0 Å². The maximum absolute atomic E-state index is 14.3. The summed E-state index contributed by atoms with van der Waals surface area (Å²) in [4.78, 5) is 6.13. The van der Waals surface area contributed by atoms with Gasteiger partial charge in [-0.2, -0.15) is 0 Å². The normalized spacial score (nSPS) is 15.1. The molecule has 1 atom stereocenters. The van der Waals surface area contributed by atoms with Gasteiger partial charge in [0, 0.05) is 43.2 Å². The van der Waals surface area contributed by atoms with Crippen molar-refractivity contribution in [2.75, 3.05) is 20.3 Å². The molecule has 1 aliphatic rings. The minimum Gasteiger partial charge on any atom is -0.497 e. The van der Waals surface area contributed by atoms with Crippen LogP contribution in [0.15, 0.2) is 60.9 Å². The summed E-state index contributed by atoms with van der Waals surface area (Å²) in [5.74, 6) is 1.18. The third kappa shape index (κ3) is 4.39. The molecule has 5 nitrogen and oxygen atoms in total. The summed E-state index contributed by atoms with van der Waals surface area (Å²) in [6.45, 7) is 2.24. The maximum Gasteiger partial charge on any atom is 0.127 e. The van der Waals surface area contributed by atoms with Crippen molar-refractivity contribution in [3.8, 4) is 11.5 Å². The molecule has 1 aromatic heterocycles. The minimum absolute atomic E-state index is 0.252. The molecule has 0 bridgehead atoms. The average molecular weight is 394 g/mol. The molecule has 0 saturated carbocycles. The molecular weight excluding hydrogens is 371 g/mol. The summed E-state index contributed by atoms with van der Waals surface area (Å²) >= 11 is 0. The highest BCUT2D eigenvalue weighted by Crippen LogP contribution is 2.30. The summed E-state index contributed by atoms with van der Waals surface area (Å²) < 4.78 is 25.4. The van der Waals surface area contributed by atoms with E-state index in [9.17, 15) is 9.50 Å². The van der Waals surface area contributed by atoms with Crippen LogP contribution in [0.25, 0.3) is 0 Å². The first-order valence-corrected chi connectivity index (χ1v) is 9.52. The van der Waals surface area contributed by atoms with Gasteiger partial charge >= 0.3 is 0 Å². The molecule has 0 radical (unpaired) electrons. The number of rotatable bonds is 5. The monoisotopic (exact) mass is 394 g/mol. The molecule has 2 aromatic carbocycles. The summed E-state index contributed by atoms with van der Waals surface area (Å²) in [7, 11) is 1.57. The Bertz CT molecular complexity index is 981. The van der Waals surface area contributed by atoms with E-state index in [0.29, 0.717) is 37.6 Å². The lowest BCUT2D eigenvalue weighted by Crippen LogP contribution is -2.25. The van der Waals surface area contributed by atoms with Gasteiger partial charge in [-0.1, -0.05) is 6.07 Å². The third-order valence-corrected chi connectivity index (χ3v) is 5.13. The summed E-state index contributed by atoms with van der Waals surface area (Å²) in [6, 6.07) is 14.1. The number of aliphatic hydroxyl groups is 1. The number of nitrogens with zero attached hydrogens (tertiary/aromatic N) is 2. The number of halogens is 1. The quantitative estimate of drug-likeness (QED) is 0.715. The highest BCUT2D eigenvalue weighted by molar-refractivity contribution is 5.41. The standard InChI is InChI=1S/C23H23FN2O3/c1-28-20-3-4-21(24)18(13-20)14-26-10-11-29-22-5-2-17(12-19(22)15-26)23(27)16-6-8-25-9-7-16/h2-9,12-13,23,27H,10-11,14-15H2,1H3. The first-order valence-electron chi connectivity index (χ1n) is 9.52.